The molecule has 3 amide bonds. The van der Waals surface area contributed by atoms with Crippen LogP contribution in [0.5, 0.6) is 0 Å². The summed E-state index contributed by atoms with van der Waals surface area (Å²) in [5.41, 5.74) is 0. The average molecular weight is 974 g/mol. The van der Waals surface area contributed by atoms with Gasteiger partial charge in [-0.25, -0.2) is 0 Å². The lowest BCUT2D eigenvalue weighted by molar-refractivity contribution is -0.270. The van der Waals surface area contributed by atoms with Crippen LogP contribution in [0.1, 0.15) is 85.0 Å². The van der Waals surface area contributed by atoms with Crippen molar-refractivity contribution in [3.8, 4) is 0 Å². The monoisotopic (exact) mass is 974 g/mol. The summed E-state index contributed by atoms with van der Waals surface area (Å²) in [6.07, 6.45) is -8.33. The first-order valence-corrected chi connectivity index (χ1v) is 23.4. The molecule has 0 saturated carbocycles. The van der Waals surface area contributed by atoms with Crippen molar-refractivity contribution >= 4 is 17.7 Å². The highest BCUT2D eigenvalue weighted by atomic mass is 16.7. The van der Waals surface area contributed by atoms with Gasteiger partial charge >= 0.3 is 0 Å². The van der Waals surface area contributed by atoms with E-state index in [4.69, 9.17) is 42.6 Å². The van der Waals surface area contributed by atoms with Crippen molar-refractivity contribution < 1.29 is 103 Å². The smallest absolute Gasteiger partial charge is 0.217 e. The number of carbonyl (C=O) groups is 3. The first kappa shape index (κ1) is 59.0. The van der Waals surface area contributed by atoms with E-state index in [2.05, 4.69) is 16.0 Å². The molecule has 3 heterocycles. The standard InChI is InChI=1S/C43H79N3O21/c1-25(50)44-32-38(56)35(53)29(21-47)65-41(32)62-17-10-4-7-14-59-20-13-28(61-16-9-6-12-19-64-43-34(46-27(3)52)40(58)37(55)31(23-49)67-43)24-60-15-8-5-11-18-63-42-33(45-26(2)51)39(57)36(54)30(22-48)66-42/h28-43,47-49,53-58H,4-24H2,1-3H3,(H,44,50)(H,45,51)(H,46,52)/t28-,29?,30?,31?,32?,33?,34?,35-,36-,37-,38?,39?,40?,41+,42+,43+/m0/s1. The van der Waals surface area contributed by atoms with Gasteiger partial charge in [0, 0.05) is 67.0 Å². The Hall–Kier alpha value is -2.31. The van der Waals surface area contributed by atoms with Crippen molar-refractivity contribution in [3.05, 3.63) is 0 Å². The maximum Gasteiger partial charge on any atom is 0.217 e. The molecule has 16 atom stereocenters. The Balaban J connectivity index is 1.39. The Labute approximate surface area is 391 Å². The Morgan fingerprint density at radius 1 is 0.448 bits per heavy atom. The first-order chi connectivity index (χ1) is 32.1. The van der Waals surface area contributed by atoms with Crippen LogP contribution in [0.25, 0.3) is 0 Å². The van der Waals surface area contributed by atoms with Gasteiger partial charge in [-0.1, -0.05) is 0 Å². The number of nitrogens with one attached hydrogen (secondary N) is 3. The van der Waals surface area contributed by atoms with Gasteiger partial charge in [0.05, 0.1) is 32.5 Å². The van der Waals surface area contributed by atoms with Crippen LogP contribution in [0.15, 0.2) is 0 Å². The number of carbonyl (C=O) groups excluding carboxylic acids is 3. The molecule has 0 aromatic carbocycles. The highest BCUT2D eigenvalue weighted by Crippen LogP contribution is 2.25. The Kier molecular flexibility index (Phi) is 28.7. The SMILES string of the molecule is CC(=O)NC1C(O)[C@@H](O)C(CO)O[C@H]1OCCCCCOCC[C@@H](COCCCCCO[C@@H]1OC(CO)[C@H](O)C(O)C1NC(C)=O)OCCCCCO[C@@H]1OC(CO)[C@H](O)C(O)C1NC(C)=O. The van der Waals surface area contributed by atoms with E-state index in [1.807, 2.05) is 0 Å². The van der Waals surface area contributed by atoms with Crippen molar-refractivity contribution in [2.75, 3.05) is 72.7 Å². The van der Waals surface area contributed by atoms with E-state index in [-0.39, 0.29) is 25.9 Å². The van der Waals surface area contributed by atoms with Crippen molar-refractivity contribution in [1.29, 1.82) is 0 Å². The van der Waals surface area contributed by atoms with Gasteiger partial charge in [-0.15, -0.1) is 0 Å². The first-order valence-electron chi connectivity index (χ1n) is 23.4. The van der Waals surface area contributed by atoms with Gasteiger partial charge in [-0.2, -0.15) is 0 Å². The summed E-state index contributed by atoms with van der Waals surface area (Å²) in [5.74, 6) is -1.31. The van der Waals surface area contributed by atoms with Crippen LogP contribution in [0.3, 0.4) is 0 Å². The molecule has 3 fully saturated rings. The molecular weight excluding hydrogens is 894 g/mol. The molecule has 3 aliphatic heterocycles. The molecule has 3 saturated heterocycles. The third kappa shape index (κ3) is 20.5. The minimum Gasteiger partial charge on any atom is -0.394 e. The Bertz CT molecular complexity index is 1380. The van der Waals surface area contributed by atoms with Gasteiger partial charge in [0.2, 0.25) is 17.7 Å². The minimum atomic E-state index is -1.40. The second kappa shape index (κ2) is 32.6. The lowest BCUT2D eigenvalue weighted by Crippen LogP contribution is -2.64. The molecule has 0 aromatic rings. The second-order valence-corrected chi connectivity index (χ2v) is 17.1. The van der Waals surface area contributed by atoms with Crippen LogP contribution in [0.2, 0.25) is 0 Å². The number of hydrogen-bond acceptors (Lipinski definition) is 21. The summed E-state index contributed by atoms with van der Waals surface area (Å²) in [5, 5.41) is 98.3. The normalized spacial score (nSPS) is 32.7. The van der Waals surface area contributed by atoms with Crippen LogP contribution in [0.4, 0.5) is 0 Å². The topological polar surface area (TPSA) is 352 Å². The van der Waals surface area contributed by atoms with Gasteiger partial charge in [0.1, 0.15) is 73.1 Å². The van der Waals surface area contributed by atoms with Gasteiger partial charge in [0.25, 0.3) is 0 Å². The van der Waals surface area contributed by atoms with E-state index >= 15 is 0 Å². The van der Waals surface area contributed by atoms with E-state index < -0.39 is 129 Å². The third-order valence-electron chi connectivity index (χ3n) is 11.5. The molecule has 392 valence electrons. The second-order valence-electron chi connectivity index (χ2n) is 17.1. The van der Waals surface area contributed by atoms with Gasteiger partial charge in [-0.3, -0.25) is 14.4 Å². The fourth-order valence-electron chi connectivity index (χ4n) is 7.78. The van der Waals surface area contributed by atoms with Crippen LogP contribution in [-0.4, -0.2) is 234 Å². The molecule has 0 bridgehead atoms. The van der Waals surface area contributed by atoms with Crippen molar-refractivity contribution in [3.63, 3.8) is 0 Å². The molecule has 3 rings (SSSR count). The highest BCUT2D eigenvalue weighted by Gasteiger charge is 2.47. The van der Waals surface area contributed by atoms with Crippen LogP contribution < -0.4 is 16.0 Å². The van der Waals surface area contributed by atoms with E-state index in [9.17, 15) is 60.3 Å². The maximum absolute atomic E-state index is 11.7. The fourth-order valence-corrected chi connectivity index (χ4v) is 7.78. The fraction of sp³-hybridized carbons (Fsp3) is 0.930. The zero-order chi connectivity index (χ0) is 49.3. The molecule has 0 spiro atoms. The molecule has 67 heavy (non-hydrogen) atoms. The molecule has 24 nitrogen and oxygen atoms in total. The molecule has 3 aliphatic rings. The van der Waals surface area contributed by atoms with Crippen molar-refractivity contribution in [1.82, 2.24) is 16.0 Å². The number of aliphatic hydroxyl groups is 9. The van der Waals surface area contributed by atoms with E-state index in [0.29, 0.717) is 78.0 Å². The van der Waals surface area contributed by atoms with Crippen LogP contribution in [0, 0.1) is 0 Å². The molecule has 0 aliphatic carbocycles. The molecule has 0 aromatic heterocycles. The quantitative estimate of drug-likeness (QED) is 0.0281. The zero-order valence-corrected chi connectivity index (χ0v) is 39.0. The van der Waals surface area contributed by atoms with E-state index in [1.165, 1.54) is 20.8 Å². The molecule has 24 heteroatoms. The van der Waals surface area contributed by atoms with E-state index in [0.717, 1.165) is 19.3 Å². The van der Waals surface area contributed by atoms with Crippen LogP contribution >= 0.6 is 0 Å². The largest absolute Gasteiger partial charge is 0.394 e. The number of aliphatic hydroxyl groups excluding tert-OH is 9. The lowest BCUT2D eigenvalue weighted by Gasteiger charge is -2.42. The Morgan fingerprint density at radius 2 is 0.776 bits per heavy atom. The predicted molar refractivity (Wildman–Crippen MR) is 231 cm³/mol. The minimum absolute atomic E-state index is 0.223. The number of amides is 3. The summed E-state index contributed by atoms with van der Waals surface area (Å²) < 4.78 is 52.2. The average Bonchev–Trinajstić information content (AvgIpc) is 3.29. The van der Waals surface area contributed by atoms with Gasteiger partial charge in [-0.05, 0) is 64.2 Å². The van der Waals surface area contributed by atoms with Crippen molar-refractivity contribution in [2.45, 2.75) is 183 Å². The van der Waals surface area contributed by atoms with Gasteiger partial charge < -0.3 is 105 Å². The maximum atomic E-state index is 11.7. The predicted octanol–water partition coefficient (Wildman–Crippen LogP) is -3.81. The van der Waals surface area contributed by atoms with E-state index in [1.54, 1.807) is 0 Å². The molecule has 0 radical (unpaired) electrons. The lowest BCUT2D eigenvalue weighted by atomic mass is 9.97. The summed E-state index contributed by atoms with van der Waals surface area (Å²) in [4.78, 5) is 35.1. The number of rotatable bonds is 33. The molecular formula is C43H79N3O21. The summed E-state index contributed by atoms with van der Waals surface area (Å²) >= 11 is 0. The zero-order valence-electron chi connectivity index (χ0n) is 39.0. The number of unbranched alkanes of at least 4 members (excludes halogenated alkanes) is 6. The highest BCUT2D eigenvalue weighted by molar-refractivity contribution is 5.74. The summed E-state index contributed by atoms with van der Waals surface area (Å²) in [6.45, 7) is 4.96. The molecule has 12 N–H and O–H groups in total. The molecule has 9 unspecified atom stereocenters. The summed E-state index contributed by atoms with van der Waals surface area (Å²) in [7, 11) is 0. The summed E-state index contributed by atoms with van der Waals surface area (Å²) in [6, 6.07) is -3.03. The Morgan fingerprint density at radius 3 is 1.12 bits per heavy atom. The third-order valence-corrected chi connectivity index (χ3v) is 11.5. The van der Waals surface area contributed by atoms with Crippen LogP contribution in [-0.2, 0) is 57.0 Å². The number of ether oxygens (including phenoxy) is 9. The van der Waals surface area contributed by atoms with Gasteiger partial charge in [0.15, 0.2) is 18.9 Å². The number of hydrogen-bond donors (Lipinski definition) is 12. The van der Waals surface area contributed by atoms with Crippen molar-refractivity contribution in [2.24, 2.45) is 0 Å².